The Morgan fingerprint density at radius 2 is 0.878 bits per heavy atom. The van der Waals surface area contributed by atoms with Crippen molar-refractivity contribution in [1.29, 1.82) is 0 Å². The van der Waals surface area contributed by atoms with Crippen molar-refractivity contribution < 1.29 is 19.2 Å². The van der Waals surface area contributed by atoms with Gasteiger partial charge in [-0.15, -0.1) is 0 Å². The van der Waals surface area contributed by atoms with E-state index in [1.807, 2.05) is 60.7 Å². The van der Waals surface area contributed by atoms with Crippen molar-refractivity contribution in [3.05, 3.63) is 169 Å². The summed E-state index contributed by atoms with van der Waals surface area (Å²) in [7, 11) is 0. The van der Waals surface area contributed by atoms with E-state index in [1.54, 1.807) is 12.1 Å². The molecule has 0 aliphatic rings. The Morgan fingerprint density at radius 3 is 1.54 bits per heavy atom. The SMILES string of the molecule is [2H]c1c([2H])c([2H])c2c(-c3ccccc3Cc3c4ccccc4c(-c4c([2H])c([2H])c([2H])c5c([2H])c([2H])c([2H])c([2H])c45)c4ccccc34)c([2H])c([2H])c([2H])c2c1[2H]. The highest BCUT2D eigenvalue weighted by atomic mass is 14.2. The molecule has 41 heavy (non-hydrogen) atoms. The summed E-state index contributed by atoms with van der Waals surface area (Å²) in [4.78, 5) is 0. The van der Waals surface area contributed by atoms with Gasteiger partial charge in [0.1, 0.15) is 0 Å². The summed E-state index contributed by atoms with van der Waals surface area (Å²) in [6, 6.07) is 15.5. The van der Waals surface area contributed by atoms with Gasteiger partial charge in [0.15, 0.2) is 0 Å². The second kappa shape index (κ2) is 9.77. The maximum Gasteiger partial charge on any atom is 0.0629 e. The lowest BCUT2D eigenvalue weighted by Gasteiger charge is -2.20. The molecule has 0 heterocycles. The third-order valence-corrected chi connectivity index (χ3v) is 7.57. The van der Waals surface area contributed by atoms with Gasteiger partial charge in [-0.1, -0.05) is 157 Å². The van der Waals surface area contributed by atoms with Crippen LogP contribution in [0, 0.1) is 0 Å². The minimum Gasteiger partial charge on any atom is -0.0619 e. The van der Waals surface area contributed by atoms with Gasteiger partial charge in [-0.3, -0.25) is 0 Å². The maximum atomic E-state index is 9.17. The number of benzene rings is 8. The molecule has 0 radical (unpaired) electrons. The molecular weight excluding hydrogens is 492 g/mol. The van der Waals surface area contributed by atoms with Crippen LogP contribution >= 0.6 is 0 Å². The Balaban J connectivity index is 1.47. The minimum absolute atomic E-state index is 0.0158. The average molecular weight is 535 g/mol. The molecule has 192 valence electrons. The molecule has 0 saturated heterocycles. The topological polar surface area (TPSA) is 0 Å². The molecular formula is C41H28. The molecule has 0 saturated carbocycles. The van der Waals surface area contributed by atoms with Gasteiger partial charge >= 0.3 is 0 Å². The summed E-state index contributed by atoms with van der Waals surface area (Å²) in [5.41, 5.74) is 2.62. The summed E-state index contributed by atoms with van der Waals surface area (Å²) >= 11 is 0. The predicted molar refractivity (Wildman–Crippen MR) is 177 cm³/mol. The number of hydrogen-bond donors (Lipinski definition) is 0. The quantitative estimate of drug-likeness (QED) is 0.197. The highest BCUT2D eigenvalue weighted by molar-refractivity contribution is 6.18. The van der Waals surface area contributed by atoms with Gasteiger partial charge in [0, 0.05) is 0 Å². The number of fused-ring (bicyclic) bond motifs is 4. The predicted octanol–water partition coefficient (Wildman–Crippen LogP) is 11.2. The lowest BCUT2D eigenvalue weighted by molar-refractivity contribution is 1.23. The zero-order valence-corrected chi connectivity index (χ0v) is 21.6. The monoisotopic (exact) mass is 534 g/mol. The number of rotatable bonds is 4. The molecule has 8 rings (SSSR count). The normalized spacial score (nSPS) is 16.3. The number of hydrogen-bond acceptors (Lipinski definition) is 0. The lowest BCUT2D eigenvalue weighted by atomic mass is 9.84. The molecule has 8 aromatic rings. The van der Waals surface area contributed by atoms with E-state index >= 15 is 0 Å². The zero-order valence-electron chi connectivity index (χ0n) is 35.6. The van der Waals surface area contributed by atoms with Gasteiger partial charge < -0.3 is 0 Å². The molecule has 0 unspecified atom stereocenters. The van der Waals surface area contributed by atoms with Crippen LogP contribution in [0.15, 0.2) is 157 Å². The van der Waals surface area contributed by atoms with Crippen LogP contribution in [0.25, 0.3) is 65.3 Å². The Kier molecular flexibility index (Phi) is 3.20. The molecule has 0 N–H and O–H groups in total. The molecule has 0 aliphatic carbocycles. The minimum atomic E-state index is -0.535. The summed E-state index contributed by atoms with van der Waals surface area (Å²) in [6.45, 7) is 0. The highest BCUT2D eigenvalue weighted by Crippen LogP contribution is 2.43. The summed E-state index contributed by atoms with van der Waals surface area (Å²) in [5.74, 6) is 0. The van der Waals surface area contributed by atoms with E-state index in [0.717, 1.165) is 16.3 Å². The van der Waals surface area contributed by atoms with Crippen molar-refractivity contribution in [2.45, 2.75) is 6.42 Å². The molecule has 0 bridgehead atoms. The second-order valence-electron chi connectivity index (χ2n) is 9.78. The van der Waals surface area contributed by atoms with Crippen molar-refractivity contribution >= 4 is 43.1 Å². The third kappa shape index (κ3) is 3.91. The fourth-order valence-corrected chi connectivity index (χ4v) is 5.80. The first-order valence-electron chi connectivity index (χ1n) is 20.2. The molecule has 0 amide bonds. The average Bonchev–Trinajstić information content (AvgIpc) is 3.19. The van der Waals surface area contributed by atoms with Crippen LogP contribution in [0.3, 0.4) is 0 Å². The van der Waals surface area contributed by atoms with E-state index < -0.39 is 72.5 Å². The first-order valence-corrected chi connectivity index (χ1v) is 13.2. The standard InChI is InChI=1S/C41H28/c1-4-18-31-28(13-1)16-11-25-34(31)33-20-6-3-15-30(33)27-40-35-21-7-9-23-38(35)41(39-24-10-8-22-36(39)40)37-26-12-17-29-14-2-5-19-32(29)37/h1-26H,27H2/i1D,2D,4D,5D,11D,12D,13D,14D,16D,17D,18D,19D,25D,26D. The van der Waals surface area contributed by atoms with Gasteiger partial charge in [0.2, 0.25) is 0 Å². The third-order valence-electron chi connectivity index (χ3n) is 7.57. The Labute approximate surface area is 259 Å². The Hall–Kier alpha value is -5.20. The van der Waals surface area contributed by atoms with Crippen LogP contribution < -0.4 is 0 Å². The Morgan fingerprint density at radius 1 is 0.390 bits per heavy atom. The largest absolute Gasteiger partial charge is 0.0629 e. The second-order valence-corrected chi connectivity index (χ2v) is 9.78. The zero-order chi connectivity index (χ0) is 39.4. The van der Waals surface area contributed by atoms with E-state index in [4.69, 9.17) is 17.8 Å². The maximum absolute atomic E-state index is 9.17. The van der Waals surface area contributed by atoms with Crippen molar-refractivity contribution in [3.8, 4) is 22.3 Å². The molecule has 0 aromatic heterocycles. The van der Waals surface area contributed by atoms with Crippen molar-refractivity contribution in [3.63, 3.8) is 0 Å². The summed E-state index contributed by atoms with van der Waals surface area (Å²) < 4.78 is 121. The molecule has 8 aromatic carbocycles. The van der Waals surface area contributed by atoms with Crippen LogP contribution in [0.5, 0.6) is 0 Å². The van der Waals surface area contributed by atoms with Crippen LogP contribution in [-0.2, 0) is 6.42 Å². The molecule has 0 heteroatoms. The fourth-order valence-electron chi connectivity index (χ4n) is 5.80. The van der Waals surface area contributed by atoms with Crippen molar-refractivity contribution in [2.75, 3.05) is 0 Å². The van der Waals surface area contributed by atoms with Gasteiger partial charge in [-0.05, 0) is 82.9 Å². The molecule has 0 spiro atoms. The first-order chi connectivity index (χ1) is 26.2. The van der Waals surface area contributed by atoms with Gasteiger partial charge in [0.25, 0.3) is 0 Å². The van der Waals surface area contributed by atoms with E-state index in [2.05, 4.69) is 0 Å². The first kappa shape index (κ1) is 13.4. The van der Waals surface area contributed by atoms with Crippen LogP contribution in [-0.4, -0.2) is 0 Å². The van der Waals surface area contributed by atoms with E-state index in [1.165, 1.54) is 0 Å². The summed E-state index contributed by atoms with van der Waals surface area (Å²) in [5, 5.41) is 2.38. The van der Waals surface area contributed by atoms with Gasteiger partial charge in [-0.25, -0.2) is 0 Å². The van der Waals surface area contributed by atoms with Gasteiger partial charge in [-0.2, -0.15) is 0 Å². The van der Waals surface area contributed by atoms with E-state index in [9.17, 15) is 1.37 Å². The fraction of sp³-hybridized carbons (Fsp3) is 0.0244. The van der Waals surface area contributed by atoms with Crippen LogP contribution in [0.1, 0.15) is 30.3 Å². The Bertz CT molecular complexity index is 2930. The molecule has 0 atom stereocenters. The van der Waals surface area contributed by atoms with Crippen molar-refractivity contribution in [2.24, 2.45) is 0 Å². The molecule has 0 aliphatic heterocycles. The van der Waals surface area contributed by atoms with Crippen molar-refractivity contribution in [1.82, 2.24) is 0 Å². The van der Waals surface area contributed by atoms with E-state index in [-0.39, 0.29) is 51.2 Å². The summed E-state index contributed by atoms with van der Waals surface area (Å²) in [6.07, 6.45) is 0.225. The van der Waals surface area contributed by atoms with Crippen LogP contribution in [0.2, 0.25) is 0 Å². The molecule has 0 nitrogen and oxygen atoms in total. The molecule has 0 fully saturated rings. The lowest BCUT2D eigenvalue weighted by Crippen LogP contribution is -1.97. The van der Waals surface area contributed by atoms with Crippen LogP contribution in [0.4, 0.5) is 0 Å². The highest BCUT2D eigenvalue weighted by Gasteiger charge is 2.18. The smallest absolute Gasteiger partial charge is 0.0619 e. The van der Waals surface area contributed by atoms with E-state index in [0.29, 0.717) is 27.5 Å². The van der Waals surface area contributed by atoms with Gasteiger partial charge in [0.05, 0.1) is 19.2 Å².